The summed E-state index contributed by atoms with van der Waals surface area (Å²) in [5.74, 6) is 0.313. The van der Waals surface area contributed by atoms with Crippen molar-refractivity contribution in [3.63, 3.8) is 0 Å². The molecule has 160 valence electrons. The lowest BCUT2D eigenvalue weighted by atomic mass is 10.1. The molecule has 0 aliphatic rings. The maximum Gasteiger partial charge on any atom is 0.434 e. The summed E-state index contributed by atoms with van der Waals surface area (Å²) >= 11 is 0. The van der Waals surface area contributed by atoms with Crippen LogP contribution in [0.1, 0.15) is 16.8 Å². The molecule has 13 heteroatoms. The quantitative estimate of drug-likeness (QED) is 0.474. The van der Waals surface area contributed by atoms with Gasteiger partial charge in [0.1, 0.15) is 6.61 Å². The zero-order valence-corrected chi connectivity index (χ0v) is 16.3. The molecule has 0 radical (unpaired) electrons. The average Bonchev–Trinajstić information content (AvgIpc) is 3.34. The van der Waals surface area contributed by atoms with E-state index in [-0.39, 0.29) is 18.3 Å². The Morgan fingerprint density at radius 1 is 1.10 bits per heavy atom. The molecule has 1 aromatic carbocycles. The van der Waals surface area contributed by atoms with Crippen LogP contribution in [0.2, 0.25) is 0 Å². The number of tetrazole rings is 1. The second-order valence-electron chi connectivity index (χ2n) is 6.51. The van der Waals surface area contributed by atoms with Gasteiger partial charge in [-0.2, -0.15) is 22.5 Å². The number of halogens is 3. The van der Waals surface area contributed by atoms with E-state index < -0.39 is 17.6 Å². The van der Waals surface area contributed by atoms with Crippen LogP contribution >= 0.6 is 0 Å². The van der Waals surface area contributed by atoms with Gasteiger partial charge in [-0.25, -0.2) is 19.4 Å². The van der Waals surface area contributed by atoms with Gasteiger partial charge in [0.2, 0.25) is 5.88 Å². The van der Waals surface area contributed by atoms with Gasteiger partial charge in [0.25, 0.3) is 0 Å². The Balaban J connectivity index is 1.55. The molecule has 3 heterocycles. The lowest BCUT2D eigenvalue weighted by Gasteiger charge is -2.11. The summed E-state index contributed by atoms with van der Waals surface area (Å²) in [4.78, 5) is 19.3. The van der Waals surface area contributed by atoms with Gasteiger partial charge in [0.05, 0.1) is 18.1 Å². The lowest BCUT2D eigenvalue weighted by molar-refractivity contribution is -0.141. The summed E-state index contributed by atoms with van der Waals surface area (Å²) in [5, 5.41) is 11.7. The molecule has 0 atom stereocenters. The summed E-state index contributed by atoms with van der Waals surface area (Å²) in [7, 11) is 1.49. The lowest BCUT2D eigenvalue weighted by Crippen LogP contribution is -2.23. The molecular formula is C18H15F3N8O2. The van der Waals surface area contributed by atoms with E-state index in [4.69, 9.17) is 4.74 Å². The first-order valence-electron chi connectivity index (χ1n) is 8.90. The molecule has 31 heavy (non-hydrogen) atoms. The van der Waals surface area contributed by atoms with Crippen LogP contribution in [-0.4, -0.2) is 39.5 Å². The van der Waals surface area contributed by atoms with Crippen molar-refractivity contribution in [3.05, 3.63) is 70.2 Å². The molecule has 0 fully saturated rings. The van der Waals surface area contributed by atoms with Crippen molar-refractivity contribution < 1.29 is 17.9 Å². The summed E-state index contributed by atoms with van der Waals surface area (Å²) in [6.45, 7) is 1.93. The third-order valence-electron chi connectivity index (χ3n) is 4.43. The monoisotopic (exact) mass is 432 g/mol. The number of ether oxygens (including phenoxy) is 1. The Morgan fingerprint density at radius 3 is 2.55 bits per heavy atom. The first-order valence-corrected chi connectivity index (χ1v) is 8.90. The fourth-order valence-electron chi connectivity index (χ4n) is 2.78. The Bertz CT molecular complexity index is 1270. The Hall–Kier alpha value is -4.03. The van der Waals surface area contributed by atoms with Gasteiger partial charge < -0.3 is 4.74 Å². The minimum Gasteiger partial charge on any atom is -0.472 e. The Kier molecular flexibility index (Phi) is 5.01. The number of aromatic nitrogens is 8. The molecule has 0 bridgehead atoms. The van der Waals surface area contributed by atoms with E-state index in [0.29, 0.717) is 17.4 Å². The maximum absolute atomic E-state index is 12.6. The third-order valence-corrected chi connectivity index (χ3v) is 4.43. The van der Waals surface area contributed by atoms with E-state index in [1.165, 1.54) is 28.7 Å². The van der Waals surface area contributed by atoms with Gasteiger partial charge in [0.15, 0.2) is 11.5 Å². The first kappa shape index (κ1) is 20.3. The Morgan fingerprint density at radius 2 is 1.90 bits per heavy atom. The van der Waals surface area contributed by atoms with E-state index in [9.17, 15) is 18.0 Å². The van der Waals surface area contributed by atoms with Gasteiger partial charge in [0, 0.05) is 24.9 Å². The van der Waals surface area contributed by atoms with Crippen LogP contribution in [0.4, 0.5) is 13.2 Å². The topological polar surface area (TPSA) is 106 Å². The first-order chi connectivity index (χ1) is 14.7. The minimum absolute atomic E-state index is 0.0702. The highest BCUT2D eigenvalue weighted by atomic mass is 19.4. The normalized spacial score (nSPS) is 11.6. The number of benzene rings is 1. The second kappa shape index (κ2) is 7.66. The number of nitrogens with zero attached hydrogens (tertiary/aromatic N) is 8. The van der Waals surface area contributed by atoms with Gasteiger partial charge in [-0.05, 0) is 29.0 Å². The van der Waals surface area contributed by atoms with Crippen molar-refractivity contribution >= 4 is 0 Å². The molecule has 3 aromatic heterocycles. The van der Waals surface area contributed by atoms with Crippen molar-refractivity contribution in [3.8, 4) is 17.4 Å². The number of hydrogen-bond donors (Lipinski definition) is 0. The van der Waals surface area contributed by atoms with E-state index in [1.807, 2.05) is 13.0 Å². The molecule has 0 saturated heterocycles. The average molecular weight is 432 g/mol. The van der Waals surface area contributed by atoms with Crippen molar-refractivity contribution in [1.29, 1.82) is 0 Å². The molecule has 0 N–H and O–H groups in total. The molecule has 0 aliphatic heterocycles. The smallest absolute Gasteiger partial charge is 0.434 e. The highest BCUT2D eigenvalue weighted by molar-refractivity contribution is 5.44. The van der Waals surface area contributed by atoms with Gasteiger partial charge in [-0.15, -0.1) is 5.10 Å². The fraction of sp³-hybridized carbons (Fsp3) is 0.222. The SMILES string of the molecule is Cc1cccc(-n2nnn(C)c2=O)c1COc1ccn(-c2cnc(C(F)(F)F)cn2)n1. The van der Waals surface area contributed by atoms with Crippen LogP contribution in [0.3, 0.4) is 0 Å². The van der Waals surface area contributed by atoms with Crippen LogP contribution in [0.15, 0.2) is 47.7 Å². The fourth-order valence-corrected chi connectivity index (χ4v) is 2.78. The second-order valence-corrected chi connectivity index (χ2v) is 6.51. The molecular weight excluding hydrogens is 417 g/mol. The number of alkyl halides is 3. The minimum atomic E-state index is -4.57. The third kappa shape index (κ3) is 4.01. The van der Waals surface area contributed by atoms with Crippen LogP contribution < -0.4 is 10.4 Å². The van der Waals surface area contributed by atoms with Crippen molar-refractivity contribution in [2.24, 2.45) is 7.05 Å². The zero-order valence-electron chi connectivity index (χ0n) is 16.3. The van der Waals surface area contributed by atoms with Crippen molar-refractivity contribution in [1.82, 2.24) is 39.5 Å². The molecule has 4 aromatic rings. The predicted octanol–water partition coefficient (Wildman–Crippen LogP) is 1.85. The highest BCUT2D eigenvalue weighted by Gasteiger charge is 2.32. The van der Waals surface area contributed by atoms with E-state index in [1.54, 1.807) is 12.1 Å². The highest BCUT2D eigenvalue weighted by Crippen LogP contribution is 2.27. The molecule has 0 saturated carbocycles. The summed E-state index contributed by atoms with van der Waals surface area (Å²) in [6.07, 6.45) is -1.48. The molecule has 10 nitrogen and oxygen atoms in total. The van der Waals surface area contributed by atoms with Gasteiger partial charge in [-0.1, -0.05) is 12.1 Å². The Labute approximate surface area is 172 Å². The van der Waals surface area contributed by atoms with Crippen molar-refractivity contribution in [2.45, 2.75) is 19.7 Å². The summed E-state index contributed by atoms with van der Waals surface area (Å²) < 4.78 is 47.1. The predicted molar refractivity (Wildman–Crippen MR) is 99.8 cm³/mol. The summed E-state index contributed by atoms with van der Waals surface area (Å²) in [6, 6.07) is 6.90. The van der Waals surface area contributed by atoms with E-state index >= 15 is 0 Å². The summed E-state index contributed by atoms with van der Waals surface area (Å²) in [5.41, 5.74) is 0.589. The van der Waals surface area contributed by atoms with Crippen molar-refractivity contribution in [2.75, 3.05) is 0 Å². The van der Waals surface area contributed by atoms with Crippen LogP contribution in [0.25, 0.3) is 11.5 Å². The number of rotatable bonds is 5. The largest absolute Gasteiger partial charge is 0.472 e. The zero-order chi connectivity index (χ0) is 22.2. The van der Waals surface area contributed by atoms with Crippen LogP contribution in [-0.2, 0) is 19.8 Å². The maximum atomic E-state index is 12.6. The molecule has 0 unspecified atom stereocenters. The molecule has 0 spiro atoms. The van der Waals surface area contributed by atoms with Crippen LogP contribution in [0.5, 0.6) is 5.88 Å². The van der Waals surface area contributed by atoms with Crippen LogP contribution in [0, 0.1) is 6.92 Å². The molecule has 4 rings (SSSR count). The molecule has 0 aliphatic carbocycles. The standard InChI is InChI=1S/C18H15F3N8O2/c1-11-4-3-5-13(29-17(30)27(2)25-26-29)12(11)10-31-16-6-7-28(24-16)15-9-22-14(8-23-15)18(19,20)21/h3-9H,10H2,1-2H3. The van der Waals surface area contributed by atoms with E-state index in [0.717, 1.165) is 16.4 Å². The molecule has 0 amide bonds. The number of aryl methyl sites for hydroxylation is 2. The number of hydrogen-bond acceptors (Lipinski definition) is 7. The van der Waals surface area contributed by atoms with E-state index in [2.05, 4.69) is 25.5 Å². The van der Waals surface area contributed by atoms with Gasteiger partial charge in [-0.3, -0.25) is 0 Å². The van der Waals surface area contributed by atoms with Gasteiger partial charge >= 0.3 is 11.9 Å².